The van der Waals surface area contributed by atoms with Crippen molar-refractivity contribution in [3.05, 3.63) is 71.0 Å². The smallest absolute Gasteiger partial charge is 0.123 e. The lowest BCUT2D eigenvalue weighted by Crippen LogP contribution is -2.16. The topological polar surface area (TPSA) is 21.3 Å². The van der Waals surface area contributed by atoms with Crippen LogP contribution in [0.2, 0.25) is 0 Å². The van der Waals surface area contributed by atoms with Gasteiger partial charge in [0.15, 0.2) is 0 Å². The van der Waals surface area contributed by atoms with E-state index in [4.69, 9.17) is 4.74 Å². The second kappa shape index (κ2) is 8.55. The van der Waals surface area contributed by atoms with Gasteiger partial charge < -0.3 is 10.1 Å². The lowest BCUT2D eigenvalue weighted by Gasteiger charge is -2.08. The molecule has 0 radical (unpaired) electrons. The van der Waals surface area contributed by atoms with Gasteiger partial charge in [-0.2, -0.15) is 0 Å². The largest absolute Gasteiger partial charge is 0.377 e. The summed E-state index contributed by atoms with van der Waals surface area (Å²) in [5.74, 6) is -0.205. The Morgan fingerprint density at radius 1 is 1.10 bits per heavy atom. The van der Waals surface area contributed by atoms with Crippen LogP contribution in [0.1, 0.15) is 23.1 Å². The molecule has 0 saturated carbocycles. The highest BCUT2D eigenvalue weighted by atomic mass is 19.1. The first-order valence-electron chi connectivity index (χ1n) is 7.33. The Bertz CT molecular complexity index is 542. The lowest BCUT2D eigenvalue weighted by atomic mass is 10.1. The van der Waals surface area contributed by atoms with Gasteiger partial charge in [0.25, 0.3) is 0 Å². The van der Waals surface area contributed by atoms with Gasteiger partial charge in [0.2, 0.25) is 0 Å². The van der Waals surface area contributed by atoms with Crippen LogP contribution in [0, 0.1) is 12.7 Å². The maximum atomic E-state index is 13.1. The SMILES string of the molecule is Cc1ccc(F)cc1COCCCNCc1ccccc1. The summed E-state index contributed by atoms with van der Waals surface area (Å²) in [4.78, 5) is 0. The van der Waals surface area contributed by atoms with E-state index in [0.29, 0.717) is 13.2 Å². The van der Waals surface area contributed by atoms with Crippen LogP contribution in [-0.2, 0) is 17.9 Å². The summed E-state index contributed by atoms with van der Waals surface area (Å²) < 4.78 is 18.7. The molecular formula is C18H22FNO. The van der Waals surface area contributed by atoms with Gasteiger partial charge in [-0.25, -0.2) is 4.39 Å². The molecule has 0 aromatic heterocycles. The highest BCUT2D eigenvalue weighted by Crippen LogP contribution is 2.11. The van der Waals surface area contributed by atoms with E-state index in [9.17, 15) is 4.39 Å². The Balaban J connectivity index is 1.57. The summed E-state index contributed by atoms with van der Waals surface area (Å²) in [5.41, 5.74) is 3.28. The summed E-state index contributed by atoms with van der Waals surface area (Å²) in [7, 11) is 0. The zero-order valence-electron chi connectivity index (χ0n) is 12.4. The summed E-state index contributed by atoms with van der Waals surface area (Å²) in [6.07, 6.45) is 0.946. The first-order valence-corrected chi connectivity index (χ1v) is 7.33. The molecule has 1 N–H and O–H groups in total. The molecule has 0 fully saturated rings. The van der Waals surface area contributed by atoms with Crippen LogP contribution >= 0.6 is 0 Å². The molecule has 0 bridgehead atoms. The van der Waals surface area contributed by atoms with Crippen molar-refractivity contribution in [3.63, 3.8) is 0 Å². The molecule has 2 nitrogen and oxygen atoms in total. The molecule has 2 rings (SSSR count). The van der Waals surface area contributed by atoms with Crippen LogP contribution < -0.4 is 5.32 Å². The van der Waals surface area contributed by atoms with Gasteiger partial charge in [-0.3, -0.25) is 0 Å². The molecule has 112 valence electrons. The van der Waals surface area contributed by atoms with Gasteiger partial charge in [0, 0.05) is 13.2 Å². The monoisotopic (exact) mass is 287 g/mol. The molecule has 3 heteroatoms. The molecule has 0 aliphatic carbocycles. The van der Waals surface area contributed by atoms with Crippen molar-refractivity contribution in [3.8, 4) is 0 Å². The highest BCUT2D eigenvalue weighted by molar-refractivity contribution is 5.25. The molecule has 0 saturated heterocycles. The molecule has 21 heavy (non-hydrogen) atoms. The number of aryl methyl sites for hydroxylation is 1. The fraction of sp³-hybridized carbons (Fsp3) is 0.333. The van der Waals surface area contributed by atoms with E-state index in [1.165, 1.54) is 11.6 Å². The third kappa shape index (κ3) is 5.66. The van der Waals surface area contributed by atoms with Gasteiger partial charge >= 0.3 is 0 Å². The number of ether oxygens (including phenoxy) is 1. The van der Waals surface area contributed by atoms with Gasteiger partial charge in [0.1, 0.15) is 5.82 Å². The van der Waals surface area contributed by atoms with Gasteiger partial charge in [-0.15, -0.1) is 0 Å². The van der Waals surface area contributed by atoms with Crippen LogP contribution in [0.15, 0.2) is 48.5 Å². The molecule has 2 aromatic rings. The van der Waals surface area contributed by atoms with E-state index in [2.05, 4.69) is 17.4 Å². The molecule has 0 amide bonds. The minimum Gasteiger partial charge on any atom is -0.377 e. The second-order valence-electron chi connectivity index (χ2n) is 5.14. The molecule has 0 unspecified atom stereocenters. The van der Waals surface area contributed by atoms with Gasteiger partial charge in [-0.05, 0) is 48.7 Å². The second-order valence-corrected chi connectivity index (χ2v) is 5.14. The maximum Gasteiger partial charge on any atom is 0.123 e. The van der Waals surface area contributed by atoms with Crippen molar-refractivity contribution in [1.82, 2.24) is 5.32 Å². The fourth-order valence-electron chi connectivity index (χ4n) is 2.11. The van der Waals surface area contributed by atoms with E-state index in [-0.39, 0.29) is 5.82 Å². The van der Waals surface area contributed by atoms with Crippen molar-refractivity contribution >= 4 is 0 Å². The van der Waals surface area contributed by atoms with E-state index in [1.807, 2.05) is 25.1 Å². The van der Waals surface area contributed by atoms with Crippen molar-refractivity contribution in [2.45, 2.75) is 26.5 Å². The Morgan fingerprint density at radius 2 is 1.90 bits per heavy atom. The predicted molar refractivity (Wildman–Crippen MR) is 83.6 cm³/mol. The molecule has 0 aliphatic heterocycles. The number of hydrogen-bond donors (Lipinski definition) is 1. The first-order chi connectivity index (χ1) is 10.3. The summed E-state index contributed by atoms with van der Waals surface area (Å²) in [6, 6.07) is 15.1. The summed E-state index contributed by atoms with van der Waals surface area (Å²) in [6.45, 7) is 4.92. The molecule has 0 atom stereocenters. The normalized spacial score (nSPS) is 10.8. The first kappa shape index (κ1) is 15.7. The zero-order valence-corrected chi connectivity index (χ0v) is 12.4. The van der Waals surface area contributed by atoms with Gasteiger partial charge in [-0.1, -0.05) is 36.4 Å². The number of rotatable bonds is 8. The van der Waals surface area contributed by atoms with Crippen LogP contribution in [0.4, 0.5) is 4.39 Å². The van der Waals surface area contributed by atoms with E-state index >= 15 is 0 Å². The van der Waals surface area contributed by atoms with Crippen molar-refractivity contribution in [1.29, 1.82) is 0 Å². The van der Waals surface area contributed by atoms with Crippen molar-refractivity contribution in [2.24, 2.45) is 0 Å². The Labute approximate surface area is 126 Å². The Morgan fingerprint density at radius 3 is 2.71 bits per heavy atom. The minimum atomic E-state index is -0.205. The number of benzene rings is 2. The van der Waals surface area contributed by atoms with Gasteiger partial charge in [0.05, 0.1) is 6.61 Å². The third-order valence-electron chi connectivity index (χ3n) is 3.38. The van der Waals surface area contributed by atoms with Crippen molar-refractivity contribution < 1.29 is 9.13 Å². The molecular weight excluding hydrogens is 265 g/mol. The quantitative estimate of drug-likeness (QED) is 0.745. The van der Waals surface area contributed by atoms with Crippen molar-refractivity contribution in [2.75, 3.05) is 13.2 Å². The highest BCUT2D eigenvalue weighted by Gasteiger charge is 2.00. The van der Waals surface area contributed by atoms with Crippen LogP contribution in [0.5, 0.6) is 0 Å². The maximum absolute atomic E-state index is 13.1. The van der Waals surface area contributed by atoms with Crippen LogP contribution in [0.25, 0.3) is 0 Å². The molecule has 0 heterocycles. The summed E-state index contributed by atoms with van der Waals surface area (Å²) in [5, 5.41) is 3.38. The van der Waals surface area contributed by atoms with E-state index in [1.54, 1.807) is 12.1 Å². The number of halogens is 1. The minimum absolute atomic E-state index is 0.205. The van der Waals surface area contributed by atoms with Crippen LogP contribution in [0.3, 0.4) is 0 Å². The predicted octanol–water partition coefficient (Wildman–Crippen LogP) is 3.83. The zero-order chi connectivity index (χ0) is 14.9. The fourth-order valence-corrected chi connectivity index (χ4v) is 2.11. The summed E-state index contributed by atoms with van der Waals surface area (Å²) >= 11 is 0. The Hall–Kier alpha value is -1.71. The van der Waals surface area contributed by atoms with E-state index < -0.39 is 0 Å². The average Bonchev–Trinajstić information content (AvgIpc) is 2.50. The van der Waals surface area contributed by atoms with E-state index in [0.717, 1.165) is 30.6 Å². The molecule has 2 aromatic carbocycles. The number of hydrogen-bond acceptors (Lipinski definition) is 2. The molecule has 0 spiro atoms. The Kier molecular flexibility index (Phi) is 6.38. The lowest BCUT2D eigenvalue weighted by molar-refractivity contribution is 0.118. The van der Waals surface area contributed by atoms with Crippen LogP contribution in [-0.4, -0.2) is 13.2 Å². The molecule has 0 aliphatic rings. The standard InChI is InChI=1S/C18H22FNO/c1-15-8-9-18(19)12-17(15)14-21-11-5-10-20-13-16-6-3-2-4-7-16/h2-4,6-9,12,20H,5,10-11,13-14H2,1H3. The third-order valence-corrected chi connectivity index (χ3v) is 3.38. The number of nitrogens with one attached hydrogen (secondary N) is 1. The average molecular weight is 287 g/mol.